The molecule has 2 nitrogen and oxygen atoms in total. The summed E-state index contributed by atoms with van der Waals surface area (Å²) < 4.78 is 0. The van der Waals surface area contributed by atoms with Gasteiger partial charge >= 0.3 is 0 Å². The van der Waals surface area contributed by atoms with Gasteiger partial charge in [-0.25, -0.2) is 0 Å². The summed E-state index contributed by atoms with van der Waals surface area (Å²) in [4.78, 5) is 0. The third kappa shape index (κ3) is 3.11. The van der Waals surface area contributed by atoms with Crippen molar-refractivity contribution in [3.8, 4) is 0 Å². The Hall–Kier alpha value is -0.280. The summed E-state index contributed by atoms with van der Waals surface area (Å²) >= 11 is 12.0. The molecule has 0 aliphatic heterocycles. The van der Waals surface area contributed by atoms with Crippen LogP contribution in [0.15, 0.2) is 18.2 Å². The topological polar surface area (TPSA) is 32.3 Å². The van der Waals surface area contributed by atoms with Gasteiger partial charge in [-0.1, -0.05) is 36.2 Å². The largest absolute Gasteiger partial charge is 0.396 e. The maximum atomic E-state index is 9.33. The minimum Gasteiger partial charge on any atom is -0.396 e. The van der Waals surface area contributed by atoms with Gasteiger partial charge in [0.05, 0.1) is 0 Å². The van der Waals surface area contributed by atoms with Gasteiger partial charge in [-0.15, -0.1) is 0 Å². The van der Waals surface area contributed by atoms with E-state index in [1.807, 2.05) is 19.2 Å². The Bertz CT molecular complexity index is 340. The third-order valence-corrected chi connectivity index (χ3v) is 3.40. The number of nitrogens with one attached hydrogen (secondary N) is 1. The van der Waals surface area contributed by atoms with Crippen LogP contribution in [0.25, 0.3) is 0 Å². The van der Waals surface area contributed by atoms with Gasteiger partial charge in [0.2, 0.25) is 0 Å². The molecule has 2 N–H and O–H groups in total. The average Bonchev–Trinajstić information content (AvgIpc) is 2.27. The number of halogens is 2. The Morgan fingerprint density at radius 1 is 1.38 bits per heavy atom. The highest BCUT2D eigenvalue weighted by molar-refractivity contribution is 6.35. The van der Waals surface area contributed by atoms with Crippen LogP contribution in [0.2, 0.25) is 10.0 Å². The zero-order valence-corrected chi connectivity index (χ0v) is 11.0. The van der Waals surface area contributed by atoms with Crippen LogP contribution in [0.1, 0.15) is 24.9 Å². The maximum Gasteiger partial charge on any atom is 0.0477 e. The van der Waals surface area contributed by atoms with Crippen LogP contribution in [-0.2, 0) is 0 Å². The highest BCUT2D eigenvalue weighted by Crippen LogP contribution is 2.31. The summed E-state index contributed by atoms with van der Waals surface area (Å²) in [5.41, 5.74) is 0.981. The van der Waals surface area contributed by atoms with Crippen molar-refractivity contribution in [1.29, 1.82) is 0 Å². The molecule has 0 aliphatic rings. The van der Waals surface area contributed by atoms with Gasteiger partial charge in [0, 0.05) is 28.6 Å². The molecule has 1 aromatic carbocycles. The molecule has 16 heavy (non-hydrogen) atoms. The van der Waals surface area contributed by atoms with E-state index in [-0.39, 0.29) is 18.6 Å². The lowest BCUT2D eigenvalue weighted by Crippen LogP contribution is -2.27. The molecule has 2 atom stereocenters. The van der Waals surface area contributed by atoms with E-state index in [4.69, 9.17) is 23.2 Å². The van der Waals surface area contributed by atoms with Crippen molar-refractivity contribution in [3.63, 3.8) is 0 Å². The van der Waals surface area contributed by atoms with Crippen molar-refractivity contribution in [2.75, 3.05) is 13.7 Å². The third-order valence-electron chi connectivity index (χ3n) is 2.84. The molecule has 0 aliphatic carbocycles. The van der Waals surface area contributed by atoms with Crippen LogP contribution < -0.4 is 5.32 Å². The molecule has 0 saturated heterocycles. The van der Waals surface area contributed by atoms with E-state index in [1.165, 1.54) is 0 Å². The second kappa shape index (κ2) is 6.45. The predicted octanol–water partition coefficient (Wildman–Crippen LogP) is 3.27. The number of hydrogen-bond acceptors (Lipinski definition) is 2. The summed E-state index contributed by atoms with van der Waals surface area (Å²) in [6, 6.07) is 5.51. The van der Waals surface area contributed by atoms with Crippen LogP contribution in [-0.4, -0.2) is 18.8 Å². The molecule has 0 bridgehead atoms. The van der Waals surface area contributed by atoms with Crippen molar-refractivity contribution in [3.05, 3.63) is 33.8 Å². The van der Waals surface area contributed by atoms with Crippen LogP contribution in [0.3, 0.4) is 0 Å². The molecule has 1 rings (SSSR count). The fraction of sp³-hybridized carbons (Fsp3) is 0.500. The average molecular weight is 262 g/mol. The summed E-state index contributed by atoms with van der Waals surface area (Å²) in [5.74, 6) is 0.156. The molecule has 0 amide bonds. The summed E-state index contributed by atoms with van der Waals surface area (Å²) in [6.45, 7) is 2.19. The quantitative estimate of drug-likeness (QED) is 0.853. The summed E-state index contributed by atoms with van der Waals surface area (Å²) in [5, 5.41) is 13.8. The molecule has 0 radical (unpaired) electrons. The van der Waals surface area contributed by atoms with E-state index in [1.54, 1.807) is 6.07 Å². The fourth-order valence-corrected chi connectivity index (χ4v) is 2.40. The Morgan fingerprint density at radius 3 is 2.50 bits per heavy atom. The van der Waals surface area contributed by atoms with Crippen LogP contribution in [0, 0.1) is 5.92 Å². The molecular formula is C12H17Cl2NO. The van der Waals surface area contributed by atoms with Gasteiger partial charge in [-0.3, -0.25) is 0 Å². The van der Waals surface area contributed by atoms with E-state index < -0.39 is 0 Å². The van der Waals surface area contributed by atoms with E-state index in [9.17, 15) is 5.11 Å². The summed E-state index contributed by atoms with van der Waals surface area (Å²) in [6.07, 6.45) is 0.890. The Morgan fingerprint density at radius 2 is 2.06 bits per heavy atom. The SMILES string of the molecule is CCC(CO)C(NC)c1ccc(Cl)cc1Cl. The van der Waals surface area contributed by atoms with E-state index in [0.717, 1.165) is 12.0 Å². The molecule has 1 aromatic rings. The molecule has 0 spiro atoms. The van der Waals surface area contributed by atoms with Crippen LogP contribution in [0.5, 0.6) is 0 Å². The van der Waals surface area contributed by atoms with Gasteiger partial charge < -0.3 is 10.4 Å². The molecule has 0 fully saturated rings. The van der Waals surface area contributed by atoms with Gasteiger partial charge in [-0.05, 0) is 31.2 Å². The smallest absolute Gasteiger partial charge is 0.0477 e. The minimum atomic E-state index is 0.0553. The number of aliphatic hydroxyl groups is 1. The Balaban J connectivity index is 3.03. The number of benzene rings is 1. The van der Waals surface area contributed by atoms with E-state index in [0.29, 0.717) is 10.0 Å². The van der Waals surface area contributed by atoms with Gasteiger partial charge in [0.1, 0.15) is 0 Å². The van der Waals surface area contributed by atoms with E-state index >= 15 is 0 Å². The highest BCUT2D eigenvalue weighted by Gasteiger charge is 2.21. The van der Waals surface area contributed by atoms with E-state index in [2.05, 4.69) is 12.2 Å². The lowest BCUT2D eigenvalue weighted by molar-refractivity contribution is 0.189. The zero-order valence-electron chi connectivity index (χ0n) is 9.50. The van der Waals surface area contributed by atoms with Gasteiger partial charge in [-0.2, -0.15) is 0 Å². The first-order chi connectivity index (χ1) is 7.63. The van der Waals surface area contributed by atoms with Crippen molar-refractivity contribution in [2.24, 2.45) is 5.92 Å². The maximum absolute atomic E-state index is 9.33. The van der Waals surface area contributed by atoms with Crippen molar-refractivity contribution in [1.82, 2.24) is 5.32 Å². The first kappa shape index (κ1) is 13.8. The number of hydrogen-bond donors (Lipinski definition) is 2. The fourth-order valence-electron chi connectivity index (χ4n) is 1.87. The molecule has 0 saturated carbocycles. The Kier molecular flexibility index (Phi) is 5.56. The standard InChI is InChI=1S/C12H17Cl2NO/c1-3-8(7-16)12(15-2)10-5-4-9(13)6-11(10)14/h4-6,8,12,15-16H,3,7H2,1-2H3. The molecule has 0 aromatic heterocycles. The highest BCUT2D eigenvalue weighted by atomic mass is 35.5. The monoisotopic (exact) mass is 261 g/mol. The van der Waals surface area contributed by atoms with Crippen molar-refractivity contribution >= 4 is 23.2 Å². The zero-order chi connectivity index (χ0) is 12.1. The lowest BCUT2D eigenvalue weighted by Gasteiger charge is -2.25. The van der Waals surface area contributed by atoms with Gasteiger partial charge in [0.15, 0.2) is 0 Å². The molecular weight excluding hydrogens is 245 g/mol. The normalized spacial score (nSPS) is 14.8. The van der Waals surface area contributed by atoms with Crippen molar-refractivity contribution in [2.45, 2.75) is 19.4 Å². The number of rotatable bonds is 5. The number of aliphatic hydroxyl groups excluding tert-OH is 1. The summed E-state index contributed by atoms with van der Waals surface area (Å²) in [7, 11) is 1.87. The second-order valence-electron chi connectivity index (χ2n) is 3.78. The minimum absolute atomic E-state index is 0.0553. The second-order valence-corrected chi connectivity index (χ2v) is 4.63. The van der Waals surface area contributed by atoms with Gasteiger partial charge in [0.25, 0.3) is 0 Å². The Labute approximate surface area is 107 Å². The lowest BCUT2D eigenvalue weighted by atomic mass is 9.91. The van der Waals surface area contributed by atoms with Crippen molar-refractivity contribution < 1.29 is 5.11 Å². The molecule has 2 unspecified atom stereocenters. The molecule has 90 valence electrons. The van der Waals surface area contributed by atoms with Crippen LogP contribution >= 0.6 is 23.2 Å². The molecule has 0 heterocycles. The molecule has 4 heteroatoms. The van der Waals surface area contributed by atoms with Crippen LogP contribution in [0.4, 0.5) is 0 Å². The predicted molar refractivity (Wildman–Crippen MR) is 69.1 cm³/mol. The first-order valence-corrected chi connectivity index (χ1v) is 6.12. The first-order valence-electron chi connectivity index (χ1n) is 5.37.